The molecular formula is C22H27OP. The highest BCUT2D eigenvalue weighted by molar-refractivity contribution is 7.40. The van der Waals surface area contributed by atoms with E-state index in [1.54, 1.807) is 0 Å². The van der Waals surface area contributed by atoms with E-state index in [9.17, 15) is 0 Å². The third kappa shape index (κ3) is 3.28. The Morgan fingerprint density at radius 1 is 0.833 bits per heavy atom. The molecule has 0 aliphatic carbocycles. The monoisotopic (exact) mass is 338 g/mol. The summed E-state index contributed by atoms with van der Waals surface area (Å²) in [5.41, 5.74) is 7.48. The van der Waals surface area contributed by atoms with Crippen molar-refractivity contribution in [1.29, 1.82) is 0 Å². The van der Waals surface area contributed by atoms with Crippen molar-refractivity contribution >= 4 is 18.9 Å². The highest BCUT2D eigenvalue weighted by atomic mass is 31.0. The first-order chi connectivity index (χ1) is 11.1. The van der Waals surface area contributed by atoms with E-state index in [4.69, 9.17) is 4.42 Å². The predicted octanol–water partition coefficient (Wildman–Crippen LogP) is 7.58. The summed E-state index contributed by atoms with van der Waals surface area (Å²) >= 11 is 0. The molecular weight excluding hydrogens is 311 g/mol. The summed E-state index contributed by atoms with van der Waals surface area (Å²) in [5, 5.41) is 1.33. The van der Waals surface area contributed by atoms with Crippen LogP contribution < -0.4 is 0 Å². The van der Waals surface area contributed by atoms with Crippen LogP contribution in [0.2, 0.25) is 0 Å². The molecule has 3 aromatic rings. The van der Waals surface area contributed by atoms with Crippen molar-refractivity contribution in [2.75, 3.05) is 0 Å². The van der Waals surface area contributed by atoms with E-state index >= 15 is 0 Å². The van der Waals surface area contributed by atoms with Gasteiger partial charge in [0.1, 0.15) is 5.58 Å². The molecule has 0 saturated heterocycles. The Morgan fingerprint density at radius 3 is 2.00 bits per heavy atom. The average Bonchev–Trinajstić information content (AvgIpc) is 2.88. The van der Waals surface area contributed by atoms with Crippen LogP contribution in [0, 0.1) is 6.92 Å². The summed E-state index contributed by atoms with van der Waals surface area (Å²) in [6.45, 7) is 15.8. The maximum Gasteiger partial charge on any atom is 0.161 e. The van der Waals surface area contributed by atoms with Crippen molar-refractivity contribution in [1.82, 2.24) is 0 Å². The number of aryl methyl sites for hydroxylation is 1. The second-order valence-electron chi connectivity index (χ2n) is 8.76. The van der Waals surface area contributed by atoms with E-state index in [1.165, 1.54) is 35.6 Å². The van der Waals surface area contributed by atoms with Crippen molar-refractivity contribution < 1.29 is 4.42 Å². The quantitative estimate of drug-likeness (QED) is 0.445. The summed E-state index contributed by atoms with van der Waals surface area (Å²) in [6.07, 6.45) is 0. The van der Waals surface area contributed by atoms with Gasteiger partial charge in [-0.25, -0.2) is 0 Å². The summed E-state index contributed by atoms with van der Waals surface area (Å²) in [6, 6.07) is 13.2. The molecule has 0 unspecified atom stereocenters. The van der Waals surface area contributed by atoms with E-state index in [0.717, 1.165) is 11.1 Å². The molecule has 0 spiro atoms. The Kier molecular flexibility index (Phi) is 4.12. The number of benzene rings is 2. The van der Waals surface area contributed by atoms with Crippen LogP contribution in [0.1, 0.15) is 58.2 Å². The Balaban J connectivity index is 2.26. The van der Waals surface area contributed by atoms with Crippen molar-refractivity contribution in [2.24, 2.45) is 0 Å². The second-order valence-corrected chi connectivity index (χ2v) is 9.83. The van der Waals surface area contributed by atoms with Crippen molar-refractivity contribution in [3.8, 4) is 11.1 Å². The summed E-state index contributed by atoms with van der Waals surface area (Å²) < 4.78 is 6.31. The molecule has 1 nitrogen and oxygen atoms in total. The first kappa shape index (κ1) is 17.2. The lowest BCUT2D eigenvalue weighted by Crippen LogP contribution is -2.16. The van der Waals surface area contributed by atoms with Crippen LogP contribution in [0.4, 0.5) is 0 Å². The van der Waals surface area contributed by atoms with Crippen molar-refractivity contribution in [2.45, 2.75) is 59.3 Å². The van der Waals surface area contributed by atoms with Gasteiger partial charge in [-0.1, -0.05) is 77.4 Å². The van der Waals surface area contributed by atoms with Gasteiger partial charge in [-0.15, -0.1) is 0 Å². The lowest BCUT2D eigenvalue weighted by Gasteiger charge is -2.25. The molecule has 0 saturated carbocycles. The molecule has 0 N–H and O–H groups in total. The fourth-order valence-electron chi connectivity index (χ4n) is 2.85. The van der Waals surface area contributed by atoms with E-state index < -0.39 is 0 Å². The van der Waals surface area contributed by atoms with Gasteiger partial charge in [0.25, 0.3) is 0 Å². The molecule has 0 radical (unpaired) electrons. The zero-order valence-electron chi connectivity index (χ0n) is 15.8. The van der Waals surface area contributed by atoms with Gasteiger partial charge >= 0.3 is 0 Å². The Bertz CT molecular complexity index is 871. The lowest BCUT2D eigenvalue weighted by molar-refractivity contribution is 0.568. The van der Waals surface area contributed by atoms with Gasteiger partial charge < -0.3 is 4.42 Å². The highest BCUT2D eigenvalue weighted by Gasteiger charge is 2.24. The summed E-state index contributed by atoms with van der Waals surface area (Å²) in [7, 11) is 1.18. The zero-order chi connectivity index (χ0) is 17.7. The molecule has 2 aromatic carbocycles. The van der Waals surface area contributed by atoms with Crippen molar-refractivity contribution in [3.63, 3.8) is 0 Å². The Hall–Kier alpha value is -1.59. The first-order valence-electron chi connectivity index (χ1n) is 8.58. The van der Waals surface area contributed by atoms with Crippen LogP contribution in [0.3, 0.4) is 0 Å². The molecule has 0 aliphatic heterocycles. The largest absolute Gasteiger partial charge is 0.451 e. The van der Waals surface area contributed by atoms with E-state index in [-0.39, 0.29) is 10.8 Å². The van der Waals surface area contributed by atoms with Crippen LogP contribution >= 0.6 is 8.19 Å². The normalized spacial score (nSPS) is 13.1. The van der Waals surface area contributed by atoms with Gasteiger partial charge in [-0.05, 0) is 43.1 Å². The van der Waals surface area contributed by atoms with Gasteiger partial charge in [0.2, 0.25) is 0 Å². The smallest absolute Gasteiger partial charge is 0.161 e. The van der Waals surface area contributed by atoms with Crippen LogP contribution in [0.25, 0.3) is 21.8 Å². The number of hydrogen-bond donors (Lipinski definition) is 0. The Labute approximate surface area is 147 Å². The van der Waals surface area contributed by atoms with Gasteiger partial charge in [0.05, 0.1) is 5.12 Å². The lowest BCUT2D eigenvalue weighted by atomic mass is 9.80. The molecule has 24 heavy (non-hydrogen) atoms. The number of fused-ring (bicyclic) bond motifs is 1. The fourth-order valence-corrected chi connectivity index (χ4v) is 4.22. The molecule has 126 valence electrons. The second kappa shape index (κ2) is 5.74. The highest BCUT2D eigenvalue weighted by Crippen LogP contribution is 2.44. The molecule has 3 rings (SSSR count). The van der Waals surface area contributed by atoms with Gasteiger partial charge in [-0.3, -0.25) is 0 Å². The maximum atomic E-state index is 6.31. The molecule has 2 heteroatoms. The van der Waals surface area contributed by atoms with E-state index in [0.29, 0.717) is 0 Å². The van der Waals surface area contributed by atoms with E-state index in [1.807, 2.05) is 0 Å². The van der Waals surface area contributed by atoms with Crippen LogP contribution in [-0.4, -0.2) is 0 Å². The maximum absolute atomic E-state index is 6.31. The minimum absolute atomic E-state index is 0.102. The predicted molar refractivity (Wildman–Crippen MR) is 106 cm³/mol. The molecule has 1 aromatic heterocycles. The Morgan fingerprint density at radius 2 is 1.46 bits per heavy atom. The topological polar surface area (TPSA) is 13.1 Å². The number of rotatable bonds is 1. The molecule has 0 atom stereocenters. The van der Waals surface area contributed by atoms with Gasteiger partial charge in [-0.2, -0.15) is 0 Å². The van der Waals surface area contributed by atoms with Crippen LogP contribution in [-0.2, 0) is 10.8 Å². The average molecular weight is 338 g/mol. The molecule has 0 aliphatic rings. The first-order valence-corrected chi connectivity index (χ1v) is 9.48. The van der Waals surface area contributed by atoms with Gasteiger partial charge in [0, 0.05) is 5.56 Å². The minimum atomic E-state index is 0.102. The summed E-state index contributed by atoms with van der Waals surface area (Å²) in [5.74, 6) is 0. The molecule has 0 bridgehead atoms. The minimum Gasteiger partial charge on any atom is -0.451 e. The molecule has 0 fully saturated rings. The third-order valence-corrected chi connectivity index (χ3v) is 5.70. The van der Waals surface area contributed by atoms with Crippen LogP contribution in [0.5, 0.6) is 0 Å². The van der Waals surface area contributed by atoms with E-state index in [2.05, 4.69) is 84.9 Å². The van der Waals surface area contributed by atoms with Crippen molar-refractivity contribution in [3.05, 3.63) is 53.1 Å². The SMILES string of the molecule is Cc1ccc(-c2oc3cc(C(C)(C)C)cc(C(C)(C)C)c3p2)cc1. The van der Waals surface area contributed by atoms with Gasteiger partial charge in [0.15, 0.2) is 5.49 Å². The summed E-state index contributed by atoms with van der Waals surface area (Å²) in [4.78, 5) is 0. The van der Waals surface area contributed by atoms with Crippen LogP contribution in [0.15, 0.2) is 40.8 Å². The number of hydrogen-bond acceptors (Lipinski definition) is 1. The zero-order valence-corrected chi connectivity index (χ0v) is 16.7. The standard InChI is InChI=1S/C22H27OP/c1-14-8-10-15(11-9-14)20-23-18-13-16(21(2,3)4)12-17(19(18)24-20)22(5,6)7/h8-13H,1-7H3. The molecule has 1 heterocycles. The molecule has 0 amide bonds. The fraction of sp³-hybridized carbons (Fsp3) is 0.409. The third-order valence-electron chi connectivity index (χ3n) is 4.47.